The number of pyridine rings is 1. The van der Waals surface area contributed by atoms with Crippen molar-refractivity contribution < 1.29 is 19.4 Å². The van der Waals surface area contributed by atoms with Crippen molar-refractivity contribution in [2.75, 3.05) is 11.9 Å². The monoisotopic (exact) mass is 369 g/mol. The maximum absolute atomic E-state index is 12.2. The summed E-state index contributed by atoms with van der Waals surface area (Å²) in [5.41, 5.74) is 2.06. The molecule has 0 aliphatic carbocycles. The van der Waals surface area contributed by atoms with E-state index in [2.05, 4.69) is 15.3 Å². The largest absolute Gasteiger partial charge is 0.482 e. The Labute approximate surface area is 153 Å². The molecule has 132 valence electrons. The van der Waals surface area contributed by atoms with Crippen molar-refractivity contribution in [3.63, 3.8) is 0 Å². The molecule has 1 amide bonds. The number of nitrogens with zero attached hydrogens (tertiary/aromatic N) is 2. The molecule has 1 aromatic carbocycles. The summed E-state index contributed by atoms with van der Waals surface area (Å²) >= 11 is 1.38. The van der Waals surface area contributed by atoms with E-state index in [4.69, 9.17) is 9.84 Å². The summed E-state index contributed by atoms with van der Waals surface area (Å²) in [6.45, 7) is 1.53. The number of hydrogen-bond acceptors (Lipinski definition) is 6. The number of aromatic nitrogens is 2. The molecular weight excluding hydrogens is 354 g/mol. The van der Waals surface area contributed by atoms with Crippen LogP contribution in [-0.2, 0) is 4.79 Å². The second kappa shape index (κ2) is 7.75. The highest BCUT2D eigenvalue weighted by atomic mass is 32.1. The van der Waals surface area contributed by atoms with Crippen molar-refractivity contribution in [3.05, 3.63) is 59.2 Å². The fourth-order valence-electron chi connectivity index (χ4n) is 2.24. The number of thiazole rings is 1. The average Bonchev–Trinajstić information content (AvgIpc) is 3.01. The number of carboxylic acid groups (broad SMARTS) is 1. The first-order valence-corrected chi connectivity index (χ1v) is 8.48. The Bertz CT molecular complexity index is 923. The summed E-state index contributed by atoms with van der Waals surface area (Å²) in [7, 11) is 0. The lowest BCUT2D eigenvalue weighted by Gasteiger charge is -2.04. The molecular formula is C18H15N3O4S. The number of carboxylic acids is 1. The Hall–Kier alpha value is -3.26. The fraction of sp³-hybridized carbons (Fsp3) is 0.111. The van der Waals surface area contributed by atoms with E-state index in [-0.39, 0.29) is 12.5 Å². The number of rotatable bonds is 6. The first-order valence-electron chi connectivity index (χ1n) is 7.67. The zero-order chi connectivity index (χ0) is 18.5. The predicted octanol–water partition coefficient (Wildman–Crippen LogP) is 3.23. The van der Waals surface area contributed by atoms with Crippen LogP contribution in [-0.4, -0.2) is 33.6 Å². The Morgan fingerprint density at radius 1 is 1.23 bits per heavy atom. The maximum atomic E-state index is 12.2. The van der Waals surface area contributed by atoms with E-state index in [1.807, 2.05) is 6.92 Å². The van der Waals surface area contributed by atoms with Gasteiger partial charge in [-0.05, 0) is 43.3 Å². The number of aryl methyl sites for hydroxylation is 1. The first-order chi connectivity index (χ1) is 12.5. The van der Waals surface area contributed by atoms with Crippen LogP contribution in [0.1, 0.15) is 15.2 Å². The van der Waals surface area contributed by atoms with Gasteiger partial charge in [0.2, 0.25) is 0 Å². The molecule has 2 heterocycles. The number of nitrogens with one attached hydrogen (secondary N) is 1. The predicted molar refractivity (Wildman–Crippen MR) is 97.6 cm³/mol. The van der Waals surface area contributed by atoms with Gasteiger partial charge in [-0.25, -0.2) is 9.78 Å². The maximum Gasteiger partial charge on any atom is 0.341 e. The molecule has 0 aliphatic rings. The number of carbonyl (C=O) groups excluding carboxylic acids is 1. The van der Waals surface area contributed by atoms with E-state index in [1.54, 1.807) is 42.6 Å². The Balaban J connectivity index is 1.73. The van der Waals surface area contributed by atoms with Crippen LogP contribution < -0.4 is 10.1 Å². The number of aliphatic carboxylic acids is 1. The van der Waals surface area contributed by atoms with Crippen molar-refractivity contribution >= 4 is 28.3 Å². The highest BCUT2D eigenvalue weighted by Crippen LogP contribution is 2.31. The minimum absolute atomic E-state index is 0.268. The molecule has 3 rings (SSSR count). The summed E-state index contributed by atoms with van der Waals surface area (Å²) < 4.78 is 5.12. The van der Waals surface area contributed by atoms with Gasteiger partial charge in [0.05, 0.1) is 11.3 Å². The molecule has 0 bridgehead atoms. The van der Waals surface area contributed by atoms with Crippen LogP contribution >= 0.6 is 11.3 Å². The van der Waals surface area contributed by atoms with Gasteiger partial charge in [-0.15, -0.1) is 11.3 Å². The molecule has 0 saturated heterocycles. The Morgan fingerprint density at radius 2 is 2.00 bits per heavy atom. The topological polar surface area (TPSA) is 101 Å². The van der Waals surface area contributed by atoms with Gasteiger partial charge in [-0.2, -0.15) is 0 Å². The van der Waals surface area contributed by atoms with E-state index in [1.165, 1.54) is 17.5 Å². The van der Waals surface area contributed by atoms with Crippen LogP contribution in [0.5, 0.6) is 5.75 Å². The molecule has 0 aliphatic heterocycles. The number of hydrogen-bond donors (Lipinski definition) is 2. The van der Waals surface area contributed by atoms with Gasteiger partial charge in [-0.3, -0.25) is 15.1 Å². The van der Waals surface area contributed by atoms with E-state index in [0.717, 1.165) is 16.1 Å². The van der Waals surface area contributed by atoms with Gasteiger partial charge in [0.25, 0.3) is 5.91 Å². The molecule has 0 radical (unpaired) electrons. The normalized spacial score (nSPS) is 10.3. The molecule has 0 atom stereocenters. The molecule has 0 unspecified atom stereocenters. The van der Waals surface area contributed by atoms with Crippen LogP contribution in [0.4, 0.5) is 5.13 Å². The van der Waals surface area contributed by atoms with Crippen LogP contribution in [0, 0.1) is 6.92 Å². The van der Waals surface area contributed by atoms with Gasteiger partial charge < -0.3 is 9.84 Å². The van der Waals surface area contributed by atoms with Crippen molar-refractivity contribution in [1.82, 2.24) is 9.97 Å². The van der Waals surface area contributed by atoms with Gasteiger partial charge in [0.15, 0.2) is 11.7 Å². The third-order valence-corrected chi connectivity index (χ3v) is 4.32. The van der Waals surface area contributed by atoms with Crippen LogP contribution in [0.15, 0.2) is 48.8 Å². The minimum Gasteiger partial charge on any atom is -0.482 e. The third-order valence-electron chi connectivity index (χ3n) is 3.43. The number of benzene rings is 1. The van der Waals surface area contributed by atoms with Crippen molar-refractivity contribution in [3.8, 4) is 17.0 Å². The number of anilines is 1. The van der Waals surface area contributed by atoms with Crippen LogP contribution in [0.25, 0.3) is 11.3 Å². The lowest BCUT2D eigenvalue weighted by Crippen LogP contribution is -2.11. The molecule has 0 spiro atoms. The SMILES string of the molecule is Cc1sc(NC(=O)c2cccnc2)nc1-c1ccc(OCC(=O)O)cc1. The first kappa shape index (κ1) is 17.6. The summed E-state index contributed by atoms with van der Waals surface area (Å²) in [5.74, 6) is -0.830. The Morgan fingerprint density at radius 3 is 2.65 bits per heavy atom. The van der Waals surface area contributed by atoms with E-state index in [9.17, 15) is 9.59 Å². The van der Waals surface area contributed by atoms with Crippen LogP contribution in [0.3, 0.4) is 0 Å². The van der Waals surface area contributed by atoms with E-state index in [0.29, 0.717) is 16.4 Å². The summed E-state index contributed by atoms with van der Waals surface area (Å²) in [6.07, 6.45) is 3.10. The van der Waals surface area contributed by atoms with Gasteiger partial charge >= 0.3 is 5.97 Å². The number of amides is 1. The van der Waals surface area contributed by atoms with Crippen molar-refractivity contribution in [2.24, 2.45) is 0 Å². The van der Waals surface area contributed by atoms with E-state index < -0.39 is 5.97 Å². The molecule has 8 heteroatoms. The van der Waals surface area contributed by atoms with Gasteiger partial charge in [0, 0.05) is 22.8 Å². The molecule has 26 heavy (non-hydrogen) atoms. The van der Waals surface area contributed by atoms with Crippen molar-refractivity contribution in [1.29, 1.82) is 0 Å². The number of ether oxygens (including phenoxy) is 1. The standard InChI is InChI=1S/C18H15N3O4S/c1-11-16(12-4-6-14(7-5-12)25-10-15(22)23)20-18(26-11)21-17(24)13-3-2-8-19-9-13/h2-9H,10H2,1H3,(H,22,23)(H,20,21,24). The van der Waals surface area contributed by atoms with Crippen molar-refractivity contribution in [2.45, 2.75) is 6.92 Å². The summed E-state index contributed by atoms with van der Waals surface area (Å²) in [4.78, 5) is 32.1. The molecule has 2 aromatic heterocycles. The molecule has 3 aromatic rings. The summed E-state index contributed by atoms with van der Waals surface area (Å²) in [5, 5.41) is 11.9. The molecule has 7 nitrogen and oxygen atoms in total. The quantitative estimate of drug-likeness (QED) is 0.692. The highest BCUT2D eigenvalue weighted by molar-refractivity contribution is 7.16. The van der Waals surface area contributed by atoms with Gasteiger partial charge in [-0.1, -0.05) is 0 Å². The number of carbonyl (C=O) groups is 2. The summed E-state index contributed by atoms with van der Waals surface area (Å²) in [6, 6.07) is 10.3. The average molecular weight is 369 g/mol. The molecule has 2 N–H and O–H groups in total. The molecule has 0 fully saturated rings. The lowest BCUT2D eigenvalue weighted by molar-refractivity contribution is -0.139. The van der Waals surface area contributed by atoms with Crippen LogP contribution in [0.2, 0.25) is 0 Å². The second-order valence-electron chi connectivity index (χ2n) is 5.33. The zero-order valence-corrected chi connectivity index (χ0v) is 14.6. The fourth-order valence-corrected chi connectivity index (χ4v) is 3.07. The zero-order valence-electron chi connectivity index (χ0n) is 13.8. The van der Waals surface area contributed by atoms with Gasteiger partial charge in [0.1, 0.15) is 5.75 Å². The third kappa shape index (κ3) is 4.22. The van der Waals surface area contributed by atoms with E-state index >= 15 is 0 Å². The Kier molecular flexibility index (Phi) is 5.23. The second-order valence-corrected chi connectivity index (χ2v) is 6.53. The molecule has 0 saturated carbocycles. The smallest absolute Gasteiger partial charge is 0.341 e. The highest BCUT2D eigenvalue weighted by Gasteiger charge is 2.13. The minimum atomic E-state index is -1.03. The lowest BCUT2D eigenvalue weighted by atomic mass is 10.1.